The molecule has 3 aromatic rings. The lowest BCUT2D eigenvalue weighted by molar-refractivity contribution is -0.137. The Kier molecular flexibility index (Phi) is 7.37. The number of amides is 3. The summed E-state index contributed by atoms with van der Waals surface area (Å²) in [6.07, 6.45) is 1.89. The zero-order valence-electron chi connectivity index (χ0n) is 23.0. The van der Waals surface area contributed by atoms with Crippen LogP contribution in [0.25, 0.3) is 10.9 Å². The van der Waals surface area contributed by atoms with Crippen LogP contribution >= 0.6 is 0 Å². The second-order valence-corrected chi connectivity index (χ2v) is 11.3. The molecule has 0 radical (unpaired) electrons. The van der Waals surface area contributed by atoms with Gasteiger partial charge in [0.05, 0.1) is 11.5 Å². The molecule has 8 nitrogen and oxygen atoms in total. The van der Waals surface area contributed by atoms with E-state index in [1.807, 2.05) is 31.2 Å². The van der Waals surface area contributed by atoms with Gasteiger partial charge in [0.2, 0.25) is 11.8 Å². The number of carbonyl (C=O) groups excluding carboxylic acids is 3. The van der Waals surface area contributed by atoms with Gasteiger partial charge in [-0.2, -0.15) is 5.26 Å². The number of fused-ring (bicyclic) bond motifs is 3. The molecule has 1 spiro atoms. The van der Waals surface area contributed by atoms with E-state index in [1.54, 1.807) is 17.0 Å². The summed E-state index contributed by atoms with van der Waals surface area (Å²) in [4.78, 5) is 47.6. The number of benzene rings is 2. The Balaban J connectivity index is 1.51. The third-order valence-corrected chi connectivity index (χ3v) is 8.16. The Labute approximate surface area is 233 Å². The van der Waals surface area contributed by atoms with E-state index in [4.69, 9.17) is 0 Å². The van der Waals surface area contributed by atoms with Gasteiger partial charge in [-0.3, -0.25) is 14.4 Å². The van der Waals surface area contributed by atoms with Crippen LogP contribution in [0.15, 0.2) is 48.5 Å². The number of aromatic nitrogens is 1. The van der Waals surface area contributed by atoms with Crippen molar-refractivity contribution in [1.29, 1.82) is 5.26 Å². The van der Waals surface area contributed by atoms with Crippen molar-refractivity contribution in [2.24, 2.45) is 5.92 Å². The first-order valence-corrected chi connectivity index (χ1v) is 13.9. The number of hydrogen-bond donors (Lipinski definition) is 2. The van der Waals surface area contributed by atoms with Crippen LogP contribution in [-0.2, 0) is 15.0 Å². The first-order valence-electron chi connectivity index (χ1n) is 13.9. The van der Waals surface area contributed by atoms with E-state index in [-0.39, 0.29) is 36.4 Å². The number of aromatic amines is 1. The minimum Gasteiger partial charge on any atom is -0.350 e. The van der Waals surface area contributed by atoms with E-state index in [2.05, 4.69) is 30.2 Å². The average molecular weight is 544 g/mol. The summed E-state index contributed by atoms with van der Waals surface area (Å²) < 4.78 is 14.4. The van der Waals surface area contributed by atoms with Crippen LogP contribution in [-0.4, -0.2) is 57.7 Å². The number of hydrogen-bond acceptors (Lipinski definition) is 4. The molecule has 1 saturated heterocycles. The number of halogens is 1. The predicted molar refractivity (Wildman–Crippen MR) is 150 cm³/mol. The summed E-state index contributed by atoms with van der Waals surface area (Å²) in [6.45, 7) is 6.41. The fraction of sp³-hybridized carbons (Fsp3) is 0.419. The molecule has 5 rings (SSSR count). The third-order valence-electron chi connectivity index (χ3n) is 8.16. The summed E-state index contributed by atoms with van der Waals surface area (Å²) in [7, 11) is 0. The average Bonchev–Trinajstić information content (AvgIpc) is 3.63. The first-order chi connectivity index (χ1) is 19.2. The van der Waals surface area contributed by atoms with Crippen molar-refractivity contribution >= 4 is 34.3 Å². The highest BCUT2D eigenvalue weighted by Gasteiger charge is 2.56. The van der Waals surface area contributed by atoms with Crippen LogP contribution in [0.4, 0.5) is 10.1 Å². The second-order valence-electron chi connectivity index (χ2n) is 11.3. The molecule has 2 aliphatic heterocycles. The normalized spacial score (nSPS) is 20.6. The molecule has 1 fully saturated rings. The highest BCUT2D eigenvalue weighted by atomic mass is 19.1. The Hall–Kier alpha value is -4.19. The second kappa shape index (κ2) is 10.8. The van der Waals surface area contributed by atoms with Crippen LogP contribution in [0.1, 0.15) is 62.5 Å². The lowest BCUT2D eigenvalue weighted by atomic mass is 9.80. The number of nitrogens with zero attached hydrogens (tertiary/aromatic N) is 3. The smallest absolute Gasteiger partial charge is 0.270 e. The van der Waals surface area contributed by atoms with Crippen LogP contribution in [0.3, 0.4) is 0 Å². The van der Waals surface area contributed by atoms with Crippen LogP contribution in [0.2, 0.25) is 0 Å². The molecule has 3 heterocycles. The third kappa shape index (κ3) is 4.61. The number of anilines is 1. The maximum Gasteiger partial charge on any atom is 0.270 e. The zero-order chi connectivity index (χ0) is 28.6. The molecule has 2 aliphatic rings. The minimum atomic E-state index is -1.01. The van der Waals surface area contributed by atoms with Crippen molar-refractivity contribution in [3.05, 3.63) is 65.6 Å². The zero-order valence-corrected chi connectivity index (χ0v) is 23.0. The van der Waals surface area contributed by atoms with Gasteiger partial charge in [-0.15, -0.1) is 0 Å². The van der Waals surface area contributed by atoms with Gasteiger partial charge in [-0.25, -0.2) is 4.39 Å². The van der Waals surface area contributed by atoms with E-state index in [0.29, 0.717) is 42.4 Å². The minimum absolute atomic E-state index is 0.0663. The van der Waals surface area contributed by atoms with Crippen LogP contribution in [0, 0.1) is 23.1 Å². The van der Waals surface area contributed by atoms with E-state index in [0.717, 1.165) is 5.56 Å². The van der Waals surface area contributed by atoms with Crippen molar-refractivity contribution < 1.29 is 18.8 Å². The van der Waals surface area contributed by atoms with Crippen molar-refractivity contribution in [2.75, 3.05) is 18.4 Å². The Bertz CT molecular complexity index is 1510. The van der Waals surface area contributed by atoms with Crippen molar-refractivity contribution in [3.8, 4) is 6.07 Å². The highest BCUT2D eigenvalue weighted by Crippen LogP contribution is 2.46. The quantitative estimate of drug-likeness (QED) is 0.418. The van der Waals surface area contributed by atoms with Gasteiger partial charge >= 0.3 is 0 Å². The molecular formula is C31H34FN5O3. The number of likely N-dealkylation sites (tertiary alicyclic amines) is 1. The summed E-state index contributed by atoms with van der Waals surface area (Å²) in [5.41, 5.74) is 1.18. The molecule has 0 unspecified atom stereocenters. The van der Waals surface area contributed by atoms with Gasteiger partial charge in [0.15, 0.2) is 0 Å². The fourth-order valence-corrected chi connectivity index (χ4v) is 6.11. The lowest BCUT2D eigenvalue weighted by Crippen LogP contribution is -2.53. The van der Waals surface area contributed by atoms with Gasteiger partial charge in [0.1, 0.15) is 23.6 Å². The molecule has 9 heteroatoms. The molecule has 3 amide bonds. The standard InChI is InChI=1S/C31H34FN5O3/c1-4-14-36(28(38)26-15-21-23(32)9-7-11-24(21)34-26)27(13-12-19(2)3)29(39)37-18-31(16-20(37)17-33)22-8-5-6-10-25(22)35-30(31)40/h5-11,15,19-20,27,34H,4,12-14,16,18H2,1-3H3,(H,35,40)/t20-,27-,31-/m0/s1. The van der Waals surface area contributed by atoms with E-state index in [1.165, 1.54) is 17.0 Å². The highest BCUT2D eigenvalue weighted by molar-refractivity contribution is 6.07. The summed E-state index contributed by atoms with van der Waals surface area (Å²) in [5, 5.41) is 13.3. The van der Waals surface area contributed by atoms with Gasteiger partial charge in [-0.05, 0) is 55.0 Å². The number of nitrogens with one attached hydrogen (secondary N) is 2. The molecule has 0 aliphatic carbocycles. The number of carbonyl (C=O) groups is 3. The largest absolute Gasteiger partial charge is 0.350 e. The molecule has 0 bridgehead atoms. The molecule has 0 saturated carbocycles. The number of para-hydroxylation sites is 1. The monoisotopic (exact) mass is 543 g/mol. The van der Waals surface area contributed by atoms with Crippen LogP contribution < -0.4 is 5.32 Å². The molecule has 208 valence electrons. The predicted octanol–water partition coefficient (Wildman–Crippen LogP) is 4.98. The number of rotatable bonds is 8. The lowest BCUT2D eigenvalue weighted by Gasteiger charge is -2.35. The maximum absolute atomic E-state index is 14.4. The molecule has 3 atom stereocenters. The molecule has 2 N–H and O–H groups in total. The van der Waals surface area contributed by atoms with Crippen LogP contribution in [0.5, 0.6) is 0 Å². The first kappa shape index (κ1) is 27.4. The number of nitriles is 1. The van der Waals surface area contributed by atoms with Crippen molar-refractivity contribution in [3.63, 3.8) is 0 Å². The molecular weight excluding hydrogens is 509 g/mol. The molecule has 40 heavy (non-hydrogen) atoms. The van der Waals surface area contributed by atoms with E-state index in [9.17, 15) is 24.0 Å². The Morgan fingerprint density at radius 2 is 1.98 bits per heavy atom. The van der Waals surface area contributed by atoms with Crippen molar-refractivity contribution in [2.45, 2.75) is 64.0 Å². The fourth-order valence-electron chi connectivity index (χ4n) is 6.11. The summed E-state index contributed by atoms with van der Waals surface area (Å²) in [6, 6.07) is 14.1. The van der Waals surface area contributed by atoms with Gasteiger partial charge in [-0.1, -0.05) is 45.0 Å². The molecule has 1 aromatic heterocycles. The van der Waals surface area contributed by atoms with E-state index < -0.39 is 29.2 Å². The number of H-pyrrole nitrogens is 1. The van der Waals surface area contributed by atoms with Gasteiger partial charge in [0, 0.05) is 36.1 Å². The van der Waals surface area contributed by atoms with Gasteiger partial charge < -0.3 is 20.1 Å². The topological polar surface area (TPSA) is 109 Å². The summed E-state index contributed by atoms with van der Waals surface area (Å²) >= 11 is 0. The molecule has 2 aromatic carbocycles. The SMILES string of the molecule is CCCN(C(=O)c1cc2c(F)cccc2[nH]1)[C@@H](CCC(C)C)C(=O)N1C[C@]2(C[C@H]1C#N)C(=O)Nc1ccccc12. The van der Waals surface area contributed by atoms with Gasteiger partial charge in [0.25, 0.3) is 5.91 Å². The summed E-state index contributed by atoms with van der Waals surface area (Å²) in [5.74, 6) is -1.11. The van der Waals surface area contributed by atoms with E-state index >= 15 is 0 Å². The Morgan fingerprint density at radius 3 is 2.67 bits per heavy atom. The Morgan fingerprint density at radius 1 is 1.20 bits per heavy atom. The van der Waals surface area contributed by atoms with Crippen molar-refractivity contribution in [1.82, 2.24) is 14.8 Å². The maximum atomic E-state index is 14.4.